The van der Waals surface area contributed by atoms with Crippen LogP contribution in [-0.2, 0) is 22.8 Å². The van der Waals surface area contributed by atoms with Gasteiger partial charge in [-0.05, 0) is 27.2 Å². The van der Waals surface area contributed by atoms with Crippen molar-refractivity contribution in [3.05, 3.63) is 12.7 Å². The SMILES string of the molecule is C=CC(=O)OC(C)O[Si](CCCCCCCCCCCCCC)(OCC)OCC. The predicted molar refractivity (Wildman–Crippen MR) is 122 cm³/mol. The molecule has 0 amide bonds. The zero-order chi connectivity index (χ0) is 21.8. The van der Waals surface area contributed by atoms with E-state index >= 15 is 0 Å². The Labute approximate surface area is 180 Å². The predicted octanol–water partition coefficient (Wildman–Crippen LogP) is 6.79. The van der Waals surface area contributed by atoms with Gasteiger partial charge in [-0.1, -0.05) is 84.1 Å². The summed E-state index contributed by atoms with van der Waals surface area (Å²) >= 11 is 0. The van der Waals surface area contributed by atoms with E-state index < -0.39 is 21.1 Å². The molecule has 172 valence electrons. The standard InChI is InChI=1S/C23H46O5Si/c1-6-10-11-12-13-14-15-16-17-18-19-20-21-29(25-8-3,26-9-4)28-22(5)27-23(24)7-2/h7,22H,2,6,8-21H2,1,3-5H3. The molecule has 0 spiro atoms. The van der Waals surface area contributed by atoms with Crippen molar-refractivity contribution in [2.24, 2.45) is 0 Å². The molecule has 0 aromatic carbocycles. The van der Waals surface area contributed by atoms with Gasteiger partial charge < -0.3 is 18.0 Å². The number of carbonyl (C=O) groups is 1. The lowest BCUT2D eigenvalue weighted by Gasteiger charge is -2.31. The van der Waals surface area contributed by atoms with Crippen LogP contribution in [0, 0.1) is 0 Å². The van der Waals surface area contributed by atoms with Crippen LogP contribution >= 0.6 is 0 Å². The summed E-state index contributed by atoms with van der Waals surface area (Å²) in [6.07, 6.45) is 16.1. The molecular weight excluding hydrogens is 384 g/mol. The summed E-state index contributed by atoms with van der Waals surface area (Å²) < 4.78 is 23.0. The average molecular weight is 431 g/mol. The lowest BCUT2D eigenvalue weighted by atomic mass is 10.1. The first-order valence-electron chi connectivity index (χ1n) is 11.8. The molecule has 0 fully saturated rings. The van der Waals surface area contributed by atoms with Crippen molar-refractivity contribution in [2.45, 2.75) is 117 Å². The van der Waals surface area contributed by atoms with E-state index in [0.717, 1.165) is 25.0 Å². The molecule has 0 aliphatic rings. The van der Waals surface area contributed by atoms with Gasteiger partial charge in [-0.2, -0.15) is 0 Å². The van der Waals surface area contributed by atoms with Crippen LogP contribution in [0.1, 0.15) is 105 Å². The molecular formula is C23H46O5Si. The fourth-order valence-electron chi connectivity index (χ4n) is 3.42. The van der Waals surface area contributed by atoms with E-state index in [1.807, 2.05) is 13.8 Å². The van der Waals surface area contributed by atoms with Crippen LogP contribution in [-0.4, -0.2) is 34.3 Å². The molecule has 1 atom stereocenters. The highest BCUT2D eigenvalue weighted by Crippen LogP contribution is 2.23. The van der Waals surface area contributed by atoms with E-state index in [9.17, 15) is 4.79 Å². The van der Waals surface area contributed by atoms with Crippen molar-refractivity contribution in [2.75, 3.05) is 13.2 Å². The van der Waals surface area contributed by atoms with E-state index in [2.05, 4.69) is 13.5 Å². The second-order valence-corrected chi connectivity index (χ2v) is 10.2. The molecule has 0 heterocycles. The van der Waals surface area contributed by atoms with Gasteiger partial charge in [0.05, 0.1) is 0 Å². The van der Waals surface area contributed by atoms with E-state index in [-0.39, 0.29) is 0 Å². The van der Waals surface area contributed by atoms with Gasteiger partial charge in [0.25, 0.3) is 0 Å². The lowest BCUT2D eigenvalue weighted by Crippen LogP contribution is -2.48. The van der Waals surface area contributed by atoms with E-state index in [1.54, 1.807) is 6.92 Å². The Kier molecular flexibility index (Phi) is 18.8. The third-order valence-corrected chi connectivity index (χ3v) is 7.97. The molecule has 29 heavy (non-hydrogen) atoms. The Hall–Kier alpha value is -0.693. The maximum absolute atomic E-state index is 11.4. The lowest BCUT2D eigenvalue weighted by molar-refractivity contribution is -0.161. The summed E-state index contributed by atoms with van der Waals surface area (Å²) in [5.74, 6) is -0.501. The zero-order valence-corrected chi connectivity index (χ0v) is 20.5. The smallest absolute Gasteiger partial charge is 0.434 e. The molecule has 0 saturated heterocycles. The Bertz CT molecular complexity index is 397. The highest BCUT2D eigenvalue weighted by Gasteiger charge is 2.42. The molecule has 0 N–H and O–H groups in total. The first kappa shape index (κ1) is 28.3. The Morgan fingerprint density at radius 2 is 1.28 bits per heavy atom. The number of rotatable bonds is 21. The normalized spacial score (nSPS) is 12.7. The second kappa shape index (κ2) is 19.3. The quantitative estimate of drug-likeness (QED) is 0.0659. The van der Waals surface area contributed by atoms with Gasteiger partial charge in [-0.3, -0.25) is 0 Å². The average Bonchev–Trinajstić information content (AvgIpc) is 2.69. The van der Waals surface area contributed by atoms with Gasteiger partial charge >= 0.3 is 14.8 Å². The Morgan fingerprint density at radius 1 is 0.828 bits per heavy atom. The second-order valence-electron chi connectivity index (χ2n) is 7.51. The molecule has 0 rings (SSSR count). The van der Waals surface area contributed by atoms with Crippen molar-refractivity contribution in [1.82, 2.24) is 0 Å². The van der Waals surface area contributed by atoms with Crippen LogP contribution < -0.4 is 0 Å². The minimum atomic E-state index is -2.85. The summed E-state index contributed by atoms with van der Waals surface area (Å²) in [6, 6.07) is 0.752. The summed E-state index contributed by atoms with van der Waals surface area (Å²) in [7, 11) is -2.85. The molecule has 5 nitrogen and oxygen atoms in total. The maximum atomic E-state index is 11.4. The minimum absolute atomic E-state index is 0.501. The molecule has 0 radical (unpaired) electrons. The van der Waals surface area contributed by atoms with Gasteiger partial charge in [0.2, 0.25) is 0 Å². The minimum Gasteiger partial charge on any atom is -0.434 e. The molecule has 0 aromatic heterocycles. The van der Waals surface area contributed by atoms with Crippen LogP contribution in [0.25, 0.3) is 0 Å². The third-order valence-electron chi connectivity index (χ3n) is 4.86. The number of unbranched alkanes of at least 4 members (excludes halogenated alkanes) is 11. The molecule has 6 heteroatoms. The van der Waals surface area contributed by atoms with E-state index in [0.29, 0.717) is 13.2 Å². The van der Waals surface area contributed by atoms with Crippen molar-refractivity contribution in [3.63, 3.8) is 0 Å². The third kappa shape index (κ3) is 15.8. The van der Waals surface area contributed by atoms with Gasteiger partial charge in [0.1, 0.15) is 0 Å². The molecule has 1 unspecified atom stereocenters. The van der Waals surface area contributed by atoms with Crippen molar-refractivity contribution < 1.29 is 22.8 Å². The largest absolute Gasteiger partial charge is 0.503 e. The number of esters is 1. The van der Waals surface area contributed by atoms with E-state index in [1.165, 1.54) is 64.2 Å². The molecule has 0 bridgehead atoms. The number of ether oxygens (including phenoxy) is 1. The molecule has 0 aromatic rings. The molecule has 0 aliphatic carbocycles. The number of hydrogen-bond acceptors (Lipinski definition) is 5. The summed E-state index contributed by atoms with van der Waals surface area (Å²) in [5, 5.41) is 0. The first-order chi connectivity index (χ1) is 14.0. The highest BCUT2D eigenvalue weighted by molar-refractivity contribution is 6.60. The topological polar surface area (TPSA) is 54.0 Å². The van der Waals surface area contributed by atoms with Crippen LogP contribution in [0.15, 0.2) is 12.7 Å². The number of carbonyl (C=O) groups excluding carboxylic acids is 1. The van der Waals surface area contributed by atoms with Crippen LogP contribution in [0.5, 0.6) is 0 Å². The van der Waals surface area contributed by atoms with Crippen molar-refractivity contribution in [1.29, 1.82) is 0 Å². The Balaban J connectivity index is 4.10. The zero-order valence-electron chi connectivity index (χ0n) is 19.5. The van der Waals surface area contributed by atoms with Gasteiger partial charge in [0.15, 0.2) is 6.29 Å². The van der Waals surface area contributed by atoms with Crippen LogP contribution in [0.2, 0.25) is 6.04 Å². The highest BCUT2D eigenvalue weighted by atomic mass is 28.4. The Morgan fingerprint density at radius 3 is 1.69 bits per heavy atom. The van der Waals surface area contributed by atoms with E-state index in [4.69, 9.17) is 18.0 Å². The van der Waals surface area contributed by atoms with Gasteiger partial charge in [0, 0.05) is 25.3 Å². The first-order valence-corrected chi connectivity index (χ1v) is 13.8. The van der Waals surface area contributed by atoms with Crippen LogP contribution in [0.4, 0.5) is 0 Å². The van der Waals surface area contributed by atoms with Gasteiger partial charge in [-0.25, -0.2) is 4.79 Å². The van der Waals surface area contributed by atoms with Crippen molar-refractivity contribution >= 4 is 14.8 Å². The monoisotopic (exact) mass is 430 g/mol. The maximum Gasteiger partial charge on any atom is 0.503 e. The fourth-order valence-corrected chi connectivity index (χ4v) is 6.17. The van der Waals surface area contributed by atoms with Gasteiger partial charge in [-0.15, -0.1) is 0 Å². The van der Waals surface area contributed by atoms with Crippen molar-refractivity contribution in [3.8, 4) is 0 Å². The fraction of sp³-hybridized carbons (Fsp3) is 0.870. The van der Waals surface area contributed by atoms with Crippen LogP contribution in [0.3, 0.4) is 0 Å². The summed E-state index contributed by atoms with van der Waals surface area (Å²) in [6.45, 7) is 12.3. The summed E-state index contributed by atoms with van der Waals surface area (Å²) in [5.41, 5.74) is 0. The molecule has 0 aliphatic heterocycles. The molecule has 0 saturated carbocycles. The number of hydrogen-bond donors (Lipinski definition) is 0. The summed E-state index contributed by atoms with van der Waals surface area (Å²) in [4.78, 5) is 11.4.